The standard InChI is InChI=1S/C14H19N3O2/c1-9-3-4-12(6-13(9)16-10(2)18)17-14(19)5-11-7-15-8-11/h3-4,6,11,15H,5,7-8H2,1-2H3,(H,16,18)(H,17,19). The predicted molar refractivity (Wildman–Crippen MR) is 75.1 cm³/mol. The summed E-state index contributed by atoms with van der Waals surface area (Å²) in [6.07, 6.45) is 0.538. The SMILES string of the molecule is CC(=O)Nc1cc(NC(=O)CC2CNC2)ccc1C. The van der Waals surface area contributed by atoms with Gasteiger partial charge in [-0.1, -0.05) is 6.07 Å². The highest BCUT2D eigenvalue weighted by atomic mass is 16.2. The summed E-state index contributed by atoms with van der Waals surface area (Å²) < 4.78 is 0. The first kappa shape index (κ1) is 13.5. The molecule has 1 aliphatic heterocycles. The van der Waals surface area contributed by atoms with Crippen molar-refractivity contribution in [2.24, 2.45) is 5.92 Å². The lowest BCUT2D eigenvalue weighted by Gasteiger charge is -2.26. The van der Waals surface area contributed by atoms with E-state index in [4.69, 9.17) is 0 Å². The second-order valence-corrected chi connectivity index (χ2v) is 4.99. The fraction of sp³-hybridized carbons (Fsp3) is 0.429. The summed E-state index contributed by atoms with van der Waals surface area (Å²) in [4.78, 5) is 22.9. The van der Waals surface area contributed by atoms with Gasteiger partial charge in [-0.15, -0.1) is 0 Å². The Morgan fingerprint density at radius 1 is 1.32 bits per heavy atom. The van der Waals surface area contributed by atoms with Crippen LogP contribution >= 0.6 is 0 Å². The van der Waals surface area contributed by atoms with Crippen molar-refractivity contribution >= 4 is 23.2 Å². The van der Waals surface area contributed by atoms with Crippen LogP contribution in [0.3, 0.4) is 0 Å². The molecule has 0 aromatic heterocycles. The van der Waals surface area contributed by atoms with Crippen LogP contribution in [0.15, 0.2) is 18.2 Å². The number of hydrogen-bond donors (Lipinski definition) is 3. The van der Waals surface area contributed by atoms with E-state index in [2.05, 4.69) is 16.0 Å². The summed E-state index contributed by atoms with van der Waals surface area (Å²) in [6, 6.07) is 5.51. The van der Waals surface area contributed by atoms with Gasteiger partial charge in [0.25, 0.3) is 0 Å². The third kappa shape index (κ3) is 3.79. The molecule has 0 saturated carbocycles. The molecular formula is C14H19N3O2. The first-order valence-electron chi connectivity index (χ1n) is 6.43. The lowest BCUT2D eigenvalue weighted by molar-refractivity contribution is -0.117. The molecule has 0 atom stereocenters. The maximum atomic E-state index is 11.8. The van der Waals surface area contributed by atoms with Crippen LogP contribution in [0, 0.1) is 12.8 Å². The Kier molecular flexibility index (Phi) is 4.16. The number of carbonyl (C=O) groups is 2. The van der Waals surface area contributed by atoms with Crippen LogP contribution in [-0.4, -0.2) is 24.9 Å². The largest absolute Gasteiger partial charge is 0.326 e. The van der Waals surface area contributed by atoms with Crippen molar-refractivity contribution in [2.75, 3.05) is 23.7 Å². The van der Waals surface area contributed by atoms with E-state index < -0.39 is 0 Å². The van der Waals surface area contributed by atoms with Gasteiger partial charge in [-0.05, 0) is 43.6 Å². The number of amides is 2. The minimum Gasteiger partial charge on any atom is -0.326 e. The van der Waals surface area contributed by atoms with Gasteiger partial charge in [0.15, 0.2) is 0 Å². The molecule has 5 nitrogen and oxygen atoms in total. The van der Waals surface area contributed by atoms with E-state index in [0.717, 1.165) is 24.3 Å². The molecule has 3 N–H and O–H groups in total. The zero-order valence-corrected chi connectivity index (χ0v) is 11.2. The Hall–Kier alpha value is -1.88. The van der Waals surface area contributed by atoms with E-state index in [1.807, 2.05) is 19.1 Å². The molecule has 1 aromatic carbocycles. The van der Waals surface area contributed by atoms with E-state index in [9.17, 15) is 9.59 Å². The molecule has 1 saturated heterocycles. The van der Waals surface area contributed by atoms with Crippen LogP contribution in [0.1, 0.15) is 18.9 Å². The minimum atomic E-state index is -0.118. The quantitative estimate of drug-likeness (QED) is 0.769. The van der Waals surface area contributed by atoms with Gasteiger partial charge in [0.1, 0.15) is 0 Å². The Bertz CT molecular complexity index is 495. The van der Waals surface area contributed by atoms with Gasteiger partial charge < -0.3 is 16.0 Å². The minimum absolute atomic E-state index is 0.0177. The summed E-state index contributed by atoms with van der Waals surface area (Å²) in [7, 11) is 0. The Morgan fingerprint density at radius 2 is 2.05 bits per heavy atom. The molecule has 0 spiro atoms. The monoisotopic (exact) mass is 261 g/mol. The number of aryl methyl sites for hydroxylation is 1. The number of hydrogen-bond acceptors (Lipinski definition) is 3. The number of rotatable bonds is 4. The maximum absolute atomic E-state index is 11.8. The van der Waals surface area contributed by atoms with Gasteiger partial charge in [0, 0.05) is 24.7 Å². The van der Waals surface area contributed by atoms with Gasteiger partial charge in [0.2, 0.25) is 11.8 Å². The molecule has 102 valence electrons. The topological polar surface area (TPSA) is 70.2 Å². The molecule has 19 heavy (non-hydrogen) atoms. The van der Waals surface area contributed by atoms with Crippen molar-refractivity contribution in [3.05, 3.63) is 23.8 Å². The van der Waals surface area contributed by atoms with Crippen LogP contribution in [0.5, 0.6) is 0 Å². The van der Waals surface area contributed by atoms with Crippen LogP contribution in [0.4, 0.5) is 11.4 Å². The summed E-state index contributed by atoms with van der Waals surface area (Å²) >= 11 is 0. The fourth-order valence-corrected chi connectivity index (χ4v) is 1.99. The van der Waals surface area contributed by atoms with Crippen molar-refractivity contribution < 1.29 is 9.59 Å². The van der Waals surface area contributed by atoms with Gasteiger partial charge in [-0.3, -0.25) is 9.59 Å². The van der Waals surface area contributed by atoms with Crippen LogP contribution in [-0.2, 0) is 9.59 Å². The first-order chi connectivity index (χ1) is 9.04. The fourth-order valence-electron chi connectivity index (χ4n) is 1.99. The molecule has 1 aromatic rings. The average molecular weight is 261 g/mol. The van der Waals surface area contributed by atoms with Crippen LogP contribution < -0.4 is 16.0 Å². The number of anilines is 2. The third-order valence-electron chi connectivity index (χ3n) is 3.17. The second kappa shape index (κ2) is 5.84. The van der Waals surface area contributed by atoms with E-state index in [1.165, 1.54) is 6.92 Å². The highest BCUT2D eigenvalue weighted by molar-refractivity contribution is 5.94. The molecule has 0 bridgehead atoms. The predicted octanol–water partition coefficient (Wildman–Crippen LogP) is 1.50. The van der Waals surface area contributed by atoms with Gasteiger partial charge in [-0.25, -0.2) is 0 Å². The summed E-state index contributed by atoms with van der Waals surface area (Å²) in [5.41, 5.74) is 2.42. The van der Waals surface area contributed by atoms with Crippen LogP contribution in [0.25, 0.3) is 0 Å². The molecule has 2 amide bonds. The van der Waals surface area contributed by atoms with Gasteiger partial charge in [-0.2, -0.15) is 0 Å². The Labute approximate surface area is 112 Å². The average Bonchev–Trinajstić information content (AvgIpc) is 2.28. The molecular weight excluding hydrogens is 242 g/mol. The smallest absolute Gasteiger partial charge is 0.224 e. The van der Waals surface area contributed by atoms with E-state index in [1.54, 1.807) is 6.07 Å². The lowest BCUT2D eigenvalue weighted by atomic mass is 9.99. The number of carbonyl (C=O) groups excluding carboxylic acids is 2. The van der Waals surface area contributed by atoms with E-state index in [-0.39, 0.29) is 11.8 Å². The van der Waals surface area contributed by atoms with Crippen molar-refractivity contribution in [1.82, 2.24) is 5.32 Å². The number of nitrogens with one attached hydrogen (secondary N) is 3. The van der Waals surface area contributed by atoms with E-state index >= 15 is 0 Å². The number of benzene rings is 1. The van der Waals surface area contributed by atoms with Crippen molar-refractivity contribution in [1.29, 1.82) is 0 Å². The second-order valence-electron chi connectivity index (χ2n) is 4.99. The molecule has 1 aliphatic rings. The molecule has 1 fully saturated rings. The highest BCUT2D eigenvalue weighted by Crippen LogP contribution is 2.21. The molecule has 0 aliphatic carbocycles. The van der Waals surface area contributed by atoms with Gasteiger partial charge >= 0.3 is 0 Å². The zero-order valence-electron chi connectivity index (χ0n) is 11.2. The maximum Gasteiger partial charge on any atom is 0.224 e. The molecule has 0 radical (unpaired) electrons. The first-order valence-corrected chi connectivity index (χ1v) is 6.43. The van der Waals surface area contributed by atoms with Gasteiger partial charge in [0.05, 0.1) is 0 Å². The van der Waals surface area contributed by atoms with Crippen LogP contribution in [0.2, 0.25) is 0 Å². The zero-order chi connectivity index (χ0) is 13.8. The normalized spacial score (nSPS) is 14.6. The summed E-state index contributed by atoms with van der Waals surface area (Å²) in [6.45, 7) is 5.21. The van der Waals surface area contributed by atoms with Crippen molar-refractivity contribution in [3.8, 4) is 0 Å². The van der Waals surface area contributed by atoms with Crippen molar-refractivity contribution in [3.63, 3.8) is 0 Å². The molecule has 2 rings (SSSR count). The molecule has 5 heteroatoms. The highest BCUT2D eigenvalue weighted by Gasteiger charge is 2.20. The Morgan fingerprint density at radius 3 is 2.63 bits per heavy atom. The lowest BCUT2D eigenvalue weighted by Crippen LogP contribution is -2.43. The summed E-state index contributed by atoms with van der Waals surface area (Å²) in [5, 5.41) is 8.75. The third-order valence-corrected chi connectivity index (χ3v) is 3.17. The Balaban J connectivity index is 1.99. The summed E-state index contributed by atoms with van der Waals surface area (Å²) in [5.74, 6) is 0.344. The molecule has 1 heterocycles. The van der Waals surface area contributed by atoms with Crippen molar-refractivity contribution in [2.45, 2.75) is 20.3 Å². The van der Waals surface area contributed by atoms with E-state index in [0.29, 0.717) is 18.0 Å². The molecule has 0 unspecified atom stereocenters.